The third-order valence-corrected chi connectivity index (χ3v) is 6.22. The Morgan fingerprint density at radius 2 is 1.76 bits per heavy atom. The van der Waals surface area contributed by atoms with Crippen LogP contribution in [-0.2, 0) is 20.5 Å². The number of ether oxygens (including phenoxy) is 1. The molecule has 4 rings (SSSR count). The van der Waals surface area contributed by atoms with E-state index in [4.69, 9.17) is 10.00 Å². The van der Waals surface area contributed by atoms with Crippen molar-refractivity contribution in [3.8, 4) is 6.07 Å². The number of rotatable bonds is 1. The number of aliphatic hydroxyl groups is 2. The Morgan fingerprint density at radius 1 is 1.17 bits per heavy atom. The monoisotopic (exact) mass is 414 g/mol. The molecule has 3 heterocycles. The summed E-state index contributed by atoms with van der Waals surface area (Å²) in [6.07, 6.45) is -7.34. The van der Waals surface area contributed by atoms with Gasteiger partial charge in [-0.05, 0) is 32.0 Å². The van der Waals surface area contributed by atoms with Crippen LogP contribution < -0.4 is 4.90 Å². The van der Waals surface area contributed by atoms with Gasteiger partial charge in [0.1, 0.15) is 11.2 Å². The average molecular weight is 414 g/mol. The lowest BCUT2D eigenvalue weighted by Gasteiger charge is -2.40. The number of carbonyl (C=O) groups is 2. The Kier molecular flexibility index (Phi) is 3.63. The predicted octanol–water partition coefficient (Wildman–Crippen LogP) is 1.26. The molecule has 0 aromatic heterocycles. The summed E-state index contributed by atoms with van der Waals surface area (Å²) < 4.78 is 59.9. The van der Waals surface area contributed by atoms with E-state index in [0.717, 1.165) is 26.0 Å². The number of carbonyl (C=O) groups excluding carboxylic acids is 2. The second-order valence-electron chi connectivity index (χ2n) is 7.79. The maximum atomic E-state index is 14.7. The number of imide groups is 1. The molecule has 3 aliphatic heterocycles. The van der Waals surface area contributed by atoms with Gasteiger partial charge in [-0.3, -0.25) is 9.59 Å². The number of fused-ring (bicyclic) bond motifs is 5. The molecule has 2 bridgehead atoms. The molecule has 5 unspecified atom stereocenters. The van der Waals surface area contributed by atoms with Crippen LogP contribution >= 0.6 is 0 Å². The normalized spacial score (nSPS) is 37.8. The van der Waals surface area contributed by atoms with Gasteiger partial charge in [-0.1, -0.05) is 0 Å². The molecule has 11 heteroatoms. The second-order valence-corrected chi connectivity index (χ2v) is 7.79. The maximum Gasteiger partial charge on any atom is 0.417 e. The van der Waals surface area contributed by atoms with Crippen LogP contribution in [-0.4, -0.2) is 45.2 Å². The Balaban J connectivity index is 1.84. The van der Waals surface area contributed by atoms with Gasteiger partial charge in [0.05, 0.1) is 34.7 Å². The Bertz CT molecular complexity index is 1000. The molecule has 7 nitrogen and oxygen atoms in total. The van der Waals surface area contributed by atoms with Gasteiger partial charge in [0.2, 0.25) is 17.6 Å². The molecule has 5 atom stereocenters. The van der Waals surface area contributed by atoms with E-state index < -0.39 is 69.8 Å². The van der Waals surface area contributed by atoms with Gasteiger partial charge in [0.25, 0.3) is 0 Å². The zero-order valence-electron chi connectivity index (χ0n) is 15.0. The summed E-state index contributed by atoms with van der Waals surface area (Å²) in [6, 6.07) is 3.70. The quantitative estimate of drug-likeness (QED) is 0.407. The number of hydrogen-bond acceptors (Lipinski definition) is 6. The van der Waals surface area contributed by atoms with E-state index in [1.165, 1.54) is 6.07 Å². The fraction of sp³-hybridized carbons (Fsp3) is 0.500. The van der Waals surface area contributed by atoms with Gasteiger partial charge >= 0.3 is 6.18 Å². The summed E-state index contributed by atoms with van der Waals surface area (Å²) >= 11 is 0. The fourth-order valence-electron chi connectivity index (χ4n) is 4.81. The lowest BCUT2D eigenvalue weighted by Crippen LogP contribution is -2.64. The van der Waals surface area contributed by atoms with Crippen molar-refractivity contribution in [1.82, 2.24) is 0 Å². The van der Waals surface area contributed by atoms with Crippen molar-refractivity contribution in [3.63, 3.8) is 0 Å². The summed E-state index contributed by atoms with van der Waals surface area (Å²) in [6.45, 7) is 2.19. The van der Waals surface area contributed by atoms with E-state index in [0.29, 0.717) is 11.0 Å². The van der Waals surface area contributed by atoms with Crippen LogP contribution in [0.2, 0.25) is 0 Å². The molecule has 29 heavy (non-hydrogen) atoms. The second kappa shape index (κ2) is 5.33. The van der Waals surface area contributed by atoms with Crippen LogP contribution in [0.3, 0.4) is 0 Å². The Labute approximate surface area is 161 Å². The van der Waals surface area contributed by atoms with Gasteiger partial charge in [0.15, 0.2) is 6.17 Å². The molecular formula is C18H14F4N2O5. The van der Waals surface area contributed by atoms with Crippen molar-refractivity contribution in [3.05, 3.63) is 29.3 Å². The molecule has 0 aliphatic carbocycles. The molecular weight excluding hydrogens is 400 g/mol. The number of nitriles is 1. The van der Waals surface area contributed by atoms with Crippen molar-refractivity contribution < 1.29 is 42.1 Å². The van der Waals surface area contributed by atoms with Crippen molar-refractivity contribution >= 4 is 17.5 Å². The van der Waals surface area contributed by atoms with Crippen LogP contribution in [0.15, 0.2) is 18.2 Å². The smallest absolute Gasteiger partial charge is 0.361 e. The van der Waals surface area contributed by atoms with Crippen molar-refractivity contribution in [2.24, 2.45) is 11.8 Å². The number of halogens is 4. The Hall–Kier alpha value is -2.55. The molecule has 2 amide bonds. The summed E-state index contributed by atoms with van der Waals surface area (Å²) in [7, 11) is 0. The molecule has 2 N–H and O–H groups in total. The molecule has 1 aromatic carbocycles. The molecule has 3 aliphatic rings. The van der Waals surface area contributed by atoms with Crippen LogP contribution in [0.4, 0.5) is 23.2 Å². The highest BCUT2D eigenvalue weighted by Gasteiger charge is 2.85. The number of nitrogens with zero attached hydrogens (tertiary/aromatic N) is 2. The first-order valence-electron chi connectivity index (χ1n) is 8.50. The zero-order chi connectivity index (χ0) is 21.7. The third-order valence-electron chi connectivity index (χ3n) is 6.22. The number of alkyl halides is 4. The predicted molar refractivity (Wildman–Crippen MR) is 85.6 cm³/mol. The number of amides is 2. The zero-order valence-corrected chi connectivity index (χ0v) is 15.0. The molecule has 3 fully saturated rings. The SMILES string of the molecule is CC12OC(C)(C3C(=O)N(c4ccc(C#N)c(C(F)(F)F)c4)C(=O)C31)C(O)(O)C2F. The highest BCUT2D eigenvalue weighted by atomic mass is 19.4. The molecule has 0 saturated carbocycles. The molecule has 0 spiro atoms. The van der Waals surface area contributed by atoms with E-state index in [1.54, 1.807) is 0 Å². The summed E-state index contributed by atoms with van der Waals surface area (Å²) in [5.74, 6) is -8.08. The van der Waals surface area contributed by atoms with E-state index >= 15 is 0 Å². The third kappa shape index (κ3) is 2.11. The molecule has 154 valence electrons. The van der Waals surface area contributed by atoms with Crippen LogP contribution in [0.25, 0.3) is 0 Å². The topological polar surface area (TPSA) is 111 Å². The van der Waals surface area contributed by atoms with Gasteiger partial charge in [0, 0.05) is 0 Å². The lowest BCUT2D eigenvalue weighted by atomic mass is 9.65. The van der Waals surface area contributed by atoms with Crippen LogP contribution in [0.1, 0.15) is 25.0 Å². The van der Waals surface area contributed by atoms with E-state index in [9.17, 15) is 37.4 Å². The summed E-state index contributed by atoms with van der Waals surface area (Å²) in [5, 5.41) is 29.3. The van der Waals surface area contributed by atoms with E-state index in [1.807, 2.05) is 0 Å². The molecule has 3 saturated heterocycles. The van der Waals surface area contributed by atoms with Crippen molar-refractivity contribution in [1.29, 1.82) is 5.26 Å². The average Bonchev–Trinajstić information content (AvgIpc) is 3.09. The highest BCUT2D eigenvalue weighted by Crippen LogP contribution is 2.64. The minimum atomic E-state index is -4.92. The minimum absolute atomic E-state index is 0.454. The number of benzene rings is 1. The summed E-state index contributed by atoms with van der Waals surface area (Å²) in [5.41, 5.74) is -6.72. The highest BCUT2D eigenvalue weighted by molar-refractivity contribution is 6.23. The van der Waals surface area contributed by atoms with E-state index in [2.05, 4.69) is 0 Å². The van der Waals surface area contributed by atoms with Crippen LogP contribution in [0, 0.1) is 23.2 Å². The van der Waals surface area contributed by atoms with Crippen LogP contribution in [0.5, 0.6) is 0 Å². The first kappa shape index (κ1) is 19.8. The minimum Gasteiger partial charge on any atom is -0.361 e. The maximum absolute atomic E-state index is 14.7. The van der Waals surface area contributed by atoms with Gasteiger partial charge in [-0.2, -0.15) is 18.4 Å². The Morgan fingerprint density at radius 3 is 2.31 bits per heavy atom. The van der Waals surface area contributed by atoms with Gasteiger partial charge < -0.3 is 14.9 Å². The largest absolute Gasteiger partial charge is 0.417 e. The van der Waals surface area contributed by atoms with Crippen molar-refractivity contribution in [2.75, 3.05) is 4.90 Å². The lowest BCUT2D eigenvalue weighted by molar-refractivity contribution is -0.266. The molecule has 0 radical (unpaired) electrons. The van der Waals surface area contributed by atoms with Gasteiger partial charge in [-0.15, -0.1) is 0 Å². The first-order valence-corrected chi connectivity index (χ1v) is 8.50. The molecule has 1 aromatic rings. The summed E-state index contributed by atoms with van der Waals surface area (Å²) in [4.78, 5) is 26.4. The fourth-order valence-corrected chi connectivity index (χ4v) is 4.81. The number of anilines is 1. The van der Waals surface area contributed by atoms with Gasteiger partial charge in [-0.25, -0.2) is 9.29 Å². The standard InChI is InChI=1S/C18H14F4N2O5/c1-15-10-11(16(2,29-15)17(27,28)14(15)19)13(26)24(12(10)25)8-4-3-7(6-23)9(5-8)18(20,21)22/h3-5,10-11,14,27-28H,1-2H3. The first-order chi connectivity index (χ1) is 13.2. The number of hydrogen-bond donors (Lipinski definition) is 2. The van der Waals surface area contributed by atoms with Crippen molar-refractivity contribution in [2.45, 2.75) is 43.2 Å². The van der Waals surface area contributed by atoms with E-state index in [-0.39, 0.29) is 0 Å².